The first-order chi connectivity index (χ1) is 12.3. The van der Waals surface area contributed by atoms with E-state index >= 15 is 0 Å². The van der Waals surface area contributed by atoms with Crippen LogP contribution in [0.5, 0.6) is 5.75 Å². The van der Waals surface area contributed by atoms with Gasteiger partial charge >= 0.3 is 0 Å². The van der Waals surface area contributed by atoms with Gasteiger partial charge in [-0.2, -0.15) is 0 Å². The second-order valence-corrected chi connectivity index (χ2v) is 5.72. The molecule has 1 N–H and O–H groups in total. The number of nitrogens with one attached hydrogen (secondary N) is 1. The number of aryl methyl sites for hydroxylation is 1. The van der Waals surface area contributed by atoms with Crippen LogP contribution in [0.3, 0.4) is 0 Å². The fourth-order valence-electron chi connectivity index (χ4n) is 3.03. The number of para-hydroxylation sites is 1. The van der Waals surface area contributed by atoms with Gasteiger partial charge in [0.2, 0.25) is 0 Å². The number of benzene rings is 1. The molecule has 3 heterocycles. The van der Waals surface area contributed by atoms with Crippen LogP contribution in [0.4, 0.5) is 11.6 Å². The molecular formula is C20H18N4O. The predicted molar refractivity (Wildman–Crippen MR) is 100 cm³/mol. The van der Waals surface area contributed by atoms with Crippen LogP contribution in [-0.2, 0) is 7.05 Å². The van der Waals surface area contributed by atoms with E-state index in [1.54, 1.807) is 19.5 Å². The van der Waals surface area contributed by atoms with E-state index in [1.807, 2.05) is 42.5 Å². The average Bonchev–Trinajstić information content (AvgIpc) is 3.00. The van der Waals surface area contributed by atoms with Gasteiger partial charge < -0.3 is 14.6 Å². The lowest BCUT2D eigenvalue weighted by Crippen LogP contribution is -1.96. The molecule has 5 heteroatoms. The van der Waals surface area contributed by atoms with Gasteiger partial charge in [0, 0.05) is 30.4 Å². The van der Waals surface area contributed by atoms with Crippen molar-refractivity contribution < 1.29 is 4.74 Å². The summed E-state index contributed by atoms with van der Waals surface area (Å²) in [5.74, 6) is 2.40. The van der Waals surface area contributed by atoms with Crippen LogP contribution >= 0.6 is 0 Å². The largest absolute Gasteiger partial charge is 0.496 e. The normalized spacial score (nSPS) is 10.8. The van der Waals surface area contributed by atoms with Gasteiger partial charge in [-0.3, -0.25) is 0 Å². The van der Waals surface area contributed by atoms with Crippen LogP contribution in [0.15, 0.2) is 67.0 Å². The second kappa shape index (κ2) is 6.28. The third-order valence-electron chi connectivity index (χ3n) is 4.27. The summed E-state index contributed by atoms with van der Waals surface area (Å²) >= 11 is 0. The van der Waals surface area contributed by atoms with Crippen LogP contribution in [0.2, 0.25) is 0 Å². The minimum atomic E-state index is 0.769. The summed E-state index contributed by atoms with van der Waals surface area (Å²) in [5.41, 5.74) is 3.21. The molecule has 0 aliphatic rings. The maximum absolute atomic E-state index is 5.52. The summed E-state index contributed by atoms with van der Waals surface area (Å²) in [4.78, 5) is 8.81. The molecule has 25 heavy (non-hydrogen) atoms. The van der Waals surface area contributed by atoms with Gasteiger partial charge in [0.05, 0.1) is 18.3 Å². The van der Waals surface area contributed by atoms with Crippen LogP contribution in [0.25, 0.3) is 22.2 Å². The fraction of sp³-hybridized carbons (Fsp3) is 0.100. The summed E-state index contributed by atoms with van der Waals surface area (Å²) in [6.45, 7) is 0. The topological polar surface area (TPSA) is 52.0 Å². The van der Waals surface area contributed by atoms with Gasteiger partial charge in [-0.25, -0.2) is 9.97 Å². The highest BCUT2D eigenvalue weighted by Crippen LogP contribution is 2.35. The maximum Gasteiger partial charge on any atom is 0.140 e. The molecule has 3 aromatic heterocycles. The van der Waals surface area contributed by atoms with Gasteiger partial charge in [0.25, 0.3) is 0 Å². The highest BCUT2D eigenvalue weighted by atomic mass is 16.5. The molecule has 1 aromatic carbocycles. The summed E-state index contributed by atoms with van der Waals surface area (Å²) in [6.07, 6.45) is 3.56. The third-order valence-corrected chi connectivity index (χ3v) is 4.27. The van der Waals surface area contributed by atoms with Crippen molar-refractivity contribution in [2.75, 3.05) is 12.4 Å². The van der Waals surface area contributed by atoms with Crippen molar-refractivity contribution in [2.45, 2.75) is 0 Å². The SMILES string of the molecule is COc1ccccc1-c1cc2c(Nc3ccccn3)nccc2n1C. The van der Waals surface area contributed by atoms with Gasteiger partial charge in [0.1, 0.15) is 17.4 Å². The molecule has 0 bridgehead atoms. The Kier molecular flexibility index (Phi) is 3.82. The molecule has 0 fully saturated rings. The molecule has 0 spiro atoms. The molecule has 0 atom stereocenters. The van der Waals surface area contributed by atoms with E-state index in [0.29, 0.717) is 0 Å². The number of pyridine rings is 2. The number of fused-ring (bicyclic) bond motifs is 1. The Hall–Kier alpha value is -3.34. The minimum absolute atomic E-state index is 0.769. The lowest BCUT2D eigenvalue weighted by molar-refractivity contribution is 0.416. The van der Waals surface area contributed by atoms with Gasteiger partial charge in [-0.05, 0) is 36.4 Å². The van der Waals surface area contributed by atoms with Crippen molar-refractivity contribution >= 4 is 22.5 Å². The molecule has 0 amide bonds. The zero-order valence-corrected chi connectivity index (χ0v) is 14.1. The quantitative estimate of drug-likeness (QED) is 0.603. The molecule has 4 aromatic rings. The molecule has 0 unspecified atom stereocenters. The maximum atomic E-state index is 5.52. The highest BCUT2D eigenvalue weighted by Gasteiger charge is 2.14. The van der Waals surface area contributed by atoms with Crippen molar-refractivity contribution in [1.82, 2.24) is 14.5 Å². The highest BCUT2D eigenvalue weighted by molar-refractivity contribution is 5.96. The van der Waals surface area contributed by atoms with E-state index in [-0.39, 0.29) is 0 Å². The van der Waals surface area contributed by atoms with Crippen LogP contribution in [0, 0.1) is 0 Å². The van der Waals surface area contributed by atoms with Crippen LogP contribution in [-0.4, -0.2) is 21.6 Å². The Bertz CT molecular complexity index is 1020. The lowest BCUT2D eigenvalue weighted by atomic mass is 10.1. The molecule has 4 rings (SSSR count). The van der Waals surface area contributed by atoms with E-state index in [9.17, 15) is 0 Å². The first-order valence-electron chi connectivity index (χ1n) is 8.04. The Morgan fingerprint density at radius 3 is 2.60 bits per heavy atom. The summed E-state index contributed by atoms with van der Waals surface area (Å²) < 4.78 is 7.67. The third kappa shape index (κ3) is 2.70. The number of aromatic nitrogens is 3. The van der Waals surface area contributed by atoms with Crippen molar-refractivity contribution in [2.24, 2.45) is 7.05 Å². The van der Waals surface area contributed by atoms with Crippen molar-refractivity contribution in [1.29, 1.82) is 0 Å². The summed E-state index contributed by atoms with van der Waals surface area (Å²) in [6, 6.07) is 17.9. The summed E-state index contributed by atoms with van der Waals surface area (Å²) in [5, 5.41) is 4.34. The second-order valence-electron chi connectivity index (χ2n) is 5.72. The molecule has 5 nitrogen and oxygen atoms in total. The standard InChI is InChI=1S/C20H18N4O/c1-24-16-10-12-22-20(23-19-9-5-6-11-21-19)15(16)13-17(24)14-7-3-4-8-18(14)25-2/h3-13H,1-2H3,(H,21,22,23). The molecule has 0 saturated carbocycles. The minimum Gasteiger partial charge on any atom is -0.496 e. The van der Waals surface area contributed by atoms with Crippen molar-refractivity contribution in [3.05, 3.63) is 67.0 Å². The number of methoxy groups -OCH3 is 1. The first-order valence-corrected chi connectivity index (χ1v) is 8.04. The number of hydrogen-bond donors (Lipinski definition) is 1. The Balaban J connectivity index is 1.86. The zero-order chi connectivity index (χ0) is 17.2. The molecule has 0 aliphatic carbocycles. The van der Waals surface area contributed by atoms with Gasteiger partial charge in [-0.1, -0.05) is 18.2 Å². The molecule has 0 saturated heterocycles. The number of hydrogen-bond acceptors (Lipinski definition) is 4. The van der Waals surface area contributed by atoms with E-state index < -0.39 is 0 Å². The van der Waals surface area contributed by atoms with Crippen molar-refractivity contribution in [3.8, 4) is 17.0 Å². The van der Waals surface area contributed by atoms with Crippen LogP contribution in [0.1, 0.15) is 0 Å². The monoisotopic (exact) mass is 330 g/mol. The summed E-state index contributed by atoms with van der Waals surface area (Å²) in [7, 11) is 3.74. The van der Waals surface area contributed by atoms with E-state index in [0.717, 1.165) is 39.5 Å². The van der Waals surface area contributed by atoms with Crippen molar-refractivity contribution in [3.63, 3.8) is 0 Å². The number of ether oxygens (including phenoxy) is 1. The average molecular weight is 330 g/mol. The van der Waals surface area contributed by atoms with Crippen LogP contribution < -0.4 is 10.1 Å². The Labute approximate surface area is 145 Å². The van der Waals surface area contributed by atoms with E-state index in [2.05, 4.69) is 39.0 Å². The lowest BCUT2D eigenvalue weighted by Gasteiger charge is -2.09. The molecule has 0 radical (unpaired) electrons. The van der Waals surface area contributed by atoms with E-state index in [4.69, 9.17) is 4.74 Å². The fourth-order valence-corrected chi connectivity index (χ4v) is 3.03. The number of anilines is 2. The number of nitrogens with zero attached hydrogens (tertiary/aromatic N) is 3. The van der Waals surface area contributed by atoms with Gasteiger partial charge in [-0.15, -0.1) is 0 Å². The Morgan fingerprint density at radius 2 is 1.80 bits per heavy atom. The number of rotatable bonds is 4. The first kappa shape index (κ1) is 15.2. The molecule has 0 aliphatic heterocycles. The zero-order valence-electron chi connectivity index (χ0n) is 14.1. The molecular weight excluding hydrogens is 312 g/mol. The predicted octanol–water partition coefficient (Wildman–Crippen LogP) is 4.39. The molecule has 124 valence electrons. The Morgan fingerprint density at radius 1 is 0.960 bits per heavy atom. The van der Waals surface area contributed by atoms with E-state index in [1.165, 1.54) is 0 Å². The smallest absolute Gasteiger partial charge is 0.140 e. The van der Waals surface area contributed by atoms with Gasteiger partial charge in [0.15, 0.2) is 0 Å².